The number of aromatic amines is 1. The number of hydrogen-bond acceptors (Lipinski definition) is 7. The summed E-state index contributed by atoms with van der Waals surface area (Å²) in [7, 11) is 1.54. The Hall–Kier alpha value is -3.14. The molecule has 0 aromatic carbocycles. The number of amides is 2. The van der Waals surface area contributed by atoms with Gasteiger partial charge in [0.15, 0.2) is 5.82 Å². The first kappa shape index (κ1) is 22.1. The first-order chi connectivity index (χ1) is 15.6. The number of carbonyl (C=O) groups is 2. The molecule has 0 radical (unpaired) electrons. The summed E-state index contributed by atoms with van der Waals surface area (Å²) in [4.78, 5) is 28.6. The molecule has 2 fully saturated rings. The minimum Gasteiger partial charge on any atom is -0.481 e. The Morgan fingerprint density at radius 3 is 2.88 bits per heavy atom. The van der Waals surface area contributed by atoms with E-state index < -0.39 is 0 Å². The highest BCUT2D eigenvalue weighted by molar-refractivity contribution is 5.91. The summed E-state index contributed by atoms with van der Waals surface area (Å²) in [6, 6.07) is 5.47. The van der Waals surface area contributed by atoms with E-state index in [1.165, 1.54) is 7.11 Å². The maximum atomic E-state index is 12.4. The smallest absolute Gasteiger partial charge is 0.407 e. The third-order valence-corrected chi connectivity index (χ3v) is 5.88. The molecule has 10 nitrogen and oxygen atoms in total. The monoisotopic (exact) mass is 443 g/mol. The van der Waals surface area contributed by atoms with Crippen molar-refractivity contribution in [3.8, 4) is 5.88 Å². The first-order valence-corrected chi connectivity index (χ1v) is 11.0. The lowest BCUT2D eigenvalue weighted by Gasteiger charge is -2.23. The lowest BCUT2D eigenvalue weighted by Crippen LogP contribution is -2.40. The largest absolute Gasteiger partial charge is 0.481 e. The van der Waals surface area contributed by atoms with Crippen LogP contribution < -0.4 is 15.4 Å². The van der Waals surface area contributed by atoms with E-state index in [-0.39, 0.29) is 36.5 Å². The van der Waals surface area contributed by atoms with Crippen LogP contribution in [0.5, 0.6) is 5.88 Å². The predicted octanol–water partition coefficient (Wildman–Crippen LogP) is 2.54. The van der Waals surface area contributed by atoms with Crippen molar-refractivity contribution in [2.45, 2.75) is 56.6 Å². The number of hydrogen-bond donors (Lipinski definition) is 3. The van der Waals surface area contributed by atoms with Crippen molar-refractivity contribution in [2.24, 2.45) is 0 Å². The van der Waals surface area contributed by atoms with Crippen molar-refractivity contribution in [3.05, 3.63) is 35.7 Å². The average molecular weight is 444 g/mol. The van der Waals surface area contributed by atoms with Gasteiger partial charge in [-0.1, -0.05) is 0 Å². The van der Waals surface area contributed by atoms with Crippen LogP contribution in [0.2, 0.25) is 0 Å². The van der Waals surface area contributed by atoms with E-state index >= 15 is 0 Å². The molecule has 4 rings (SSSR count). The van der Waals surface area contributed by atoms with Gasteiger partial charge < -0.3 is 24.8 Å². The van der Waals surface area contributed by atoms with E-state index in [4.69, 9.17) is 14.2 Å². The standard InChI is InChI=1S/C22H29N5O5/c1-30-21-11-14(4-7-23-21)10-20(28)25-19-13-18(26-27-19)15-2-3-17(12-15)32-22(29)24-16-5-8-31-9-6-16/h4,7,11,13,15-17H,2-3,5-6,8-10,12H2,1H3,(H,24,29)(H2,25,26,27,28)/t15-,17?/m0/s1. The number of anilines is 1. The van der Waals surface area contributed by atoms with E-state index in [0.29, 0.717) is 24.9 Å². The number of H-pyrrole nitrogens is 1. The Morgan fingerprint density at radius 1 is 1.22 bits per heavy atom. The Bertz CT molecular complexity index is 927. The van der Waals surface area contributed by atoms with Gasteiger partial charge in [-0.05, 0) is 43.7 Å². The van der Waals surface area contributed by atoms with Crippen LogP contribution in [0.4, 0.5) is 10.6 Å². The lowest BCUT2D eigenvalue weighted by molar-refractivity contribution is -0.115. The Balaban J connectivity index is 1.23. The molecule has 172 valence electrons. The third-order valence-electron chi connectivity index (χ3n) is 5.88. The topological polar surface area (TPSA) is 127 Å². The van der Waals surface area contributed by atoms with Gasteiger partial charge in [0.05, 0.1) is 13.5 Å². The van der Waals surface area contributed by atoms with Crippen molar-refractivity contribution in [2.75, 3.05) is 25.6 Å². The van der Waals surface area contributed by atoms with Gasteiger partial charge in [0, 0.05) is 49.2 Å². The van der Waals surface area contributed by atoms with Gasteiger partial charge in [-0.3, -0.25) is 9.89 Å². The van der Waals surface area contributed by atoms with E-state index in [9.17, 15) is 9.59 Å². The number of rotatable bonds is 7. The molecular formula is C22H29N5O5. The number of pyridine rings is 1. The number of carbonyl (C=O) groups excluding carboxylic acids is 2. The van der Waals surface area contributed by atoms with Crippen molar-refractivity contribution in [1.82, 2.24) is 20.5 Å². The normalized spacial score (nSPS) is 21.2. The summed E-state index contributed by atoms with van der Waals surface area (Å²) in [5.74, 6) is 0.983. The molecule has 1 aliphatic carbocycles. The molecule has 32 heavy (non-hydrogen) atoms. The van der Waals surface area contributed by atoms with Crippen molar-refractivity contribution < 1.29 is 23.8 Å². The zero-order chi connectivity index (χ0) is 22.3. The third kappa shape index (κ3) is 5.97. The molecule has 0 bridgehead atoms. The van der Waals surface area contributed by atoms with Crippen LogP contribution in [-0.2, 0) is 20.7 Å². The van der Waals surface area contributed by atoms with Crippen LogP contribution in [0.25, 0.3) is 0 Å². The molecule has 3 N–H and O–H groups in total. The van der Waals surface area contributed by atoms with Crippen LogP contribution in [0.1, 0.15) is 49.3 Å². The van der Waals surface area contributed by atoms with Crippen LogP contribution in [0.3, 0.4) is 0 Å². The van der Waals surface area contributed by atoms with Crippen molar-refractivity contribution in [1.29, 1.82) is 0 Å². The molecule has 2 amide bonds. The van der Waals surface area contributed by atoms with Gasteiger partial charge in [0.1, 0.15) is 6.10 Å². The molecule has 1 saturated carbocycles. The Labute approximate surface area is 186 Å². The van der Waals surface area contributed by atoms with E-state index in [1.807, 2.05) is 6.07 Å². The van der Waals surface area contributed by atoms with Gasteiger partial charge in [0.2, 0.25) is 11.8 Å². The lowest BCUT2D eigenvalue weighted by atomic mass is 10.0. The Kier molecular flexibility index (Phi) is 7.21. The summed E-state index contributed by atoms with van der Waals surface area (Å²) in [5.41, 5.74) is 1.74. The molecule has 10 heteroatoms. The zero-order valence-corrected chi connectivity index (χ0v) is 18.1. The fourth-order valence-electron chi connectivity index (χ4n) is 4.18. The second-order valence-electron chi connectivity index (χ2n) is 8.21. The molecule has 1 saturated heterocycles. The summed E-state index contributed by atoms with van der Waals surface area (Å²) in [6.07, 6.45) is 5.39. The molecule has 3 heterocycles. The highest BCUT2D eigenvalue weighted by Gasteiger charge is 2.30. The van der Waals surface area contributed by atoms with Gasteiger partial charge in [-0.2, -0.15) is 5.10 Å². The van der Waals surface area contributed by atoms with Crippen LogP contribution in [-0.4, -0.2) is 59.7 Å². The number of methoxy groups -OCH3 is 1. The average Bonchev–Trinajstić information content (AvgIpc) is 3.44. The maximum Gasteiger partial charge on any atom is 0.407 e. The van der Waals surface area contributed by atoms with Gasteiger partial charge >= 0.3 is 6.09 Å². The van der Waals surface area contributed by atoms with Gasteiger partial charge in [-0.15, -0.1) is 0 Å². The zero-order valence-electron chi connectivity index (χ0n) is 18.1. The maximum absolute atomic E-state index is 12.4. The molecule has 1 aliphatic heterocycles. The number of nitrogens with zero attached hydrogens (tertiary/aromatic N) is 2. The van der Waals surface area contributed by atoms with Crippen LogP contribution >= 0.6 is 0 Å². The fourth-order valence-corrected chi connectivity index (χ4v) is 4.18. The quantitative estimate of drug-likeness (QED) is 0.600. The van der Waals surface area contributed by atoms with Gasteiger partial charge in [-0.25, -0.2) is 9.78 Å². The highest BCUT2D eigenvalue weighted by Crippen LogP contribution is 2.35. The van der Waals surface area contributed by atoms with E-state index in [1.54, 1.807) is 18.3 Å². The van der Waals surface area contributed by atoms with Crippen LogP contribution in [0.15, 0.2) is 24.4 Å². The number of ether oxygens (including phenoxy) is 3. The minimum absolute atomic E-state index is 0.122. The number of alkyl carbamates (subject to hydrolysis) is 1. The molecule has 2 aromatic rings. The first-order valence-electron chi connectivity index (χ1n) is 11.0. The summed E-state index contributed by atoms with van der Waals surface area (Å²) in [6.45, 7) is 1.35. The molecule has 1 unspecified atom stereocenters. The summed E-state index contributed by atoms with van der Waals surface area (Å²) >= 11 is 0. The molecule has 2 atom stereocenters. The number of nitrogens with one attached hydrogen (secondary N) is 3. The fraction of sp³-hybridized carbons (Fsp3) is 0.545. The van der Waals surface area contributed by atoms with E-state index in [0.717, 1.165) is 43.4 Å². The summed E-state index contributed by atoms with van der Waals surface area (Å²) in [5, 5.41) is 13.0. The molecular weight excluding hydrogens is 414 g/mol. The second kappa shape index (κ2) is 10.4. The van der Waals surface area contributed by atoms with Gasteiger partial charge in [0.25, 0.3) is 0 Å². The van der Waals surface area contributed by atoms with Crippen molar-refractivity contribution >= 4 is 17.8 Å². The second-order valence-corrected chi connectivity index (χ2v) is 8.21. The predicted molar refractivity (Wildman–Crippen MR) is 116 cm³/mol. The number of aromatic nitrogens is 3. The summed E-state index contributed by atoms with van der Waals surface area (Å²) < 4.78 is 16.0. The van der Waals surface area contributed by atoms with Crippen molar-refractivity contribution in [3.63, 3.8) is 0 Å². The minimum atomic E-state index is -0.354. The van der Waals surface area contributed by atoms with E-state index in [2.05, 4.69) is 25.8 Å². The molecule has 0 spiro atoms. The Morgan fingerprint density at radius 2 is 2.06 bits per heavy atom. The SMILES string of the molecule is COc1cc(CC(=O)Nc2cc([C@H]3CCC(OC(=O)NC4CCOCC4)C3)[nH]n2)ccn1. The molecule has 2 aliphatic rings. The highest BCUT2D eigenvalue weighted by atomic mass is 16.6. The van der Waals surface area contributed by atoms with Crippen LogP contribution in [0, 0.1) is 0 Å². The molecule has 2 aromatic heterocycles.